The van der Waals surface area contributed by atoms with Crippen molar-refractivity contribution in [1.29, 1.82) is 0 Å². The zero-order chi connectivity index (χ0) is 14.0. The van der Waals surface area contributed by atoms with Gasteiger partial charge in [0, 0.05) is 24.2 Å². The number of aromatic nitrogens is 1. The normalized spacial score (nSPS) is 22.5. The molecule has 0 bridgehead atoms. The van der Waals surface area contributed by atoms with E-state index in [0.717, 1.165) is 0 Å². The number of hydrogen-bond donors (Lipinski definition) is 2. The number of carbonyl (C=O) groups excluding carboxylic acids is 1. The number of amides is 2. The second-order valence-electron chi connectivity index (χ2n) is 4.30. The van der Waals surface area contributed by atoms with Gasteiger partial charge in [0.25, 0.3) is 0 Å². The minimum Gasteiger partial charge on any atom is -0.480 e. The Morgan fingerprint density at radius 1 is 1.37 bits per heavy atom. The van der Waals surface area contributed by atoms with Gasteiger partial charge in [0.05, 0.1) is 0 Å². The SMILES string of the molecule is O=C(O)[C@@H]1CC(Cc2ccccn2)C(=O)N1C(=O)O. The van der Waals surface area contributed by atoms with E-state index < -0.39 is 29.9 Å². The third kappa shape index (κ3) is 2.54. The van der Waals surface area contributed by atoms with E-state index >= 15 is 0 Å². The minimum atomic E-state index is -1.53. The largest absolute Gasteiger partial charge is 0.480 e. The molecule has 2 rings (SSSR count). The molecule has 1 aliphatic heterocycles. The number of carboxylic acids is 1. The highest BCUT2D eigenvalue weighted by Gasteiger charge is 2.46. The van der Waals surface area contributed by atoms with Crippen molar-refractivity contribution in [2.24, 2.45) is 5.92 Å². The molecule has 0 spiro atoms. The zero-order valence-corrected chi connectivity index (χ0v) is 9.89. The molecule has 0 aliphatic carbocycles. The standard InChI is InChI=1S/C12H12N2O5/c15-10-7(5-8-3-1-2-4-13-8)6-9(11(16)17)14(10)12(18)19/h1-4,7,9H,5-6H2,(H,16,17)(H,18,19)/t7?,9-/m0/s1. The first-order chi connectivity index (χ1) is 9.00. The van der Waals surface area contributed by atoms with Crippen molar-refractivity contribution >= 4 is 18.0 Å². The maximum absolute atomic E-state index is 11.9. The maximum atomic E-state index is 11.9. The number of pyridine rings is 1. The van der Waals surface area contributed by atoms with Crippen LogP contribution in [-0.2, 0) is 16.0 Å². The summed E-state index contributed by atoms with van der Waals surface area (Å²) >= 11 is 0. The lowest BCUT2D eigenvalue weighted by Crippen LogP contribution is -2.42. The summed E-state index contributed by atoms with van der Waals surface area (Å²) in [6.07, 6.45) is 0.267. The summed E-state index contributed by atoms with van der Waals surface area (Å²) in [5, 5.41) is 17.9. The summed E-state index contributed by atoms with van der Waals surface area (Å²) in [5.74, 6) is -2.64. The van der Waals surface area contributed by atoms with E-state index in [-0.39, 0.29) is 12.8 Å². The number of nitrogens with zero attached hydrogens (tertiary/aromatic N) is 2. The lowest BCUT2D eigenvalue weighted by atomic mass is 9.99. The van der Waals surface area contributed by atoms with Crippen molar-refractivity contribution in [3.8, 4) is 0 Å². The molecule has 1 saturated heterocycles. The lowest BCUT2D eigenvalue weighted by Gasteiger charge is -2.14. The number of carboxylic acid groups (broad SMARTS) is 2. The molecule has 7 heteroatoms. The first-order valence-corrected chi connectivity index (χ1v) is 5.69. The average molecular weight is 264 g/mol. The summed E-state index contributed by atoms with van der Waals surface area (Å²) < 4.78 is 0. The van der Waals surface area contributed by atoms with E-state index in [1.165, 1.54) is 0 Å². The van der Waals surface area contributed by atoms with E-state index in [0.29, 0.717) is 10.6 Å². The summed E-state index contributed by atoms with van der Waals surface area (Å²) in [6, 6.07) is 3.89. The predicted octanol–water partition coefficient (Wildman–Crippen LogP) is 0.604. The molecular formula is C12H12N2O5. The molecule has 2 atom stereocenters. The first kappa shape index (κ1) is 13.0. The number of likely N-dealkylation sites (tertiary alicyclic amines) is 1. The van der Waals surface area contributed by atoms with Crippen molar-refractivity contribution in [2.75, 3.05) is 0 Å². The number of imide groups is 1. The minimum absolute atomic E-state index is 0.0168. The van der Waals surface area contributed by atoms with Crippen LogP contribution in [0.3, 0.4) is 0 Å². The molecule has 1 aromatic heterocycles. The van der Waals surface area contributed by atoms with Crippen molar-refractivity contribution in [2.45, 2.75) is 18.9 Å². The van der Waals surface area contributed by atoms with Crippen LogP contribution in [0.2, 0.25) is 0 Å². The molecule has 100 valence electrons. The van der Waals surface area contributed by atoms with Gasteiger partial charge in [-0.25, -0.2) is 14.5 Å². The van der Waals surface area contributed by atoms with Gasteiger partial charge in [0.1, 0.15) is 6.04 Å². The molecule has 1 aliphatic rings. The highest BCUT2D eigenvalue weighted by Crippen LogP contribution is 2.27. The Kier molecular flexibility index (Phi) is 3.46. The molecule has 1 aromatic rings. The Hall–Kier alpha value is -2.44. The molecule has 0 aromatic carbocycles. The van der Waals surface area contributed by atoms with Gasteiger partial charge in [0.2, 0.25) is 5.91 Å². The van der Waals surface area contributed by atoms with Gasteiger partial charge in [-0.3, -0.25) is 9.78 Å². The smallest absolute Gasteiger partial charge is 0.414 e. The lowest BCUT2D eigenvalue weighted by molar-refractivity contribution is -0.145. The van der Waals surface area contributed by atoms with Gasteiger partial charge in [-0.1, -0.05) is 6.07 Å². The summed E-state index contributed by atoms with van der Waals surface area (Å²) in [5.41, 5.74) is 0.636. The molecule has 2 amide bonds. The molecule has 1 unspecified atom stereocenters. The Morgan fingerprint density at radius 3 is 2.58 bits per heavy atom. The van der Waals surface area contributed by atoms with Crippen LogP contribution in [-0.4, -0.2) is 44.1 Å². The monoisotopic (exact) mass is 264 g/mol. The van der Waals surface area contributed by atoms with Crippen LogP contribution < -0.4 is 0 Å². The van der Waals surface area contributed by atoms with Gasteiger partial charge >= 0.3 is 12.1 Å². The summed E-state index contributed by atoms with van der Waals surface area (Å²) in [4.78, 5) is 38.3. The van der Waals surface area contributed by atoms with E-state index in [2.05, 4.69) is 4.98 Å². The van der Waals surface area contributed by atoms with E-state index in [4.69, 9.17) is 10.2 Å². The van der Waals surface area contributed by atoms with Crippen LogP contribution >= 0.6 is 0 Å². The Morgan fingerprint density at radius 2 is 2.11 bits per heavy atom. The summed E-state index contributed by atoms with van der Waals surface area (Å²) in [7, 11) is 0. The molecule has 0 saturated carbocycles. The highest BCUT2D eigenvalue weighted by molar-refractivity contribution is 5.99. The fourth-order valence-electron chi connectivity index (χ4n) is 2.21. The van der Waals surface area contributed by atoms with E-state index in [1.807, 2.05) is 0 Å². The van der Waals surface area contributed by atoms with Crippen LogP contribution in [0.15, 0.2) is 24.4 Å². The van der Waals surface area contributed by atoms with Crippen LogP contribution in [0.1, 0.15) is 12.1 Å². The quantitative estimate of drug-likeness (QED) is 0.827. The predicted molar refractivity (Wildman–Crippen MR) is 62.3 cm³/mol. The van der Waals surface area contributed by atoms with Crippen LogP contribution in [0.4, 0.5) is 4.79 Å². The fourth-order valence-corrected chi connectivity index (χ4v) is 2.21. The van der Waals surface area contributed by atoms with E-state index in [9.17, 15) is 14.4 Å². The molecule has 7 nitrogen and oxygen atoms in total. The fraction of sp³-hybridized carbons (Fsp3) is 0.333. The first-order valence-electron chi connectivity index (χ1n) is 5.69. The van der Waals surface area contributed by atoms with Crippen LogP contribution in [0, 0.1) is 5.92 Å². The second-order valence-corrected chi connectivity index (χ2v) is 4.30. The third-order valence-corrected chi connectivity index (χ3v) is 3.08. The van der Waals surface area contributed by atoms with Gasteiger partial charge < -0.3 is 10.2 Å². The number of rotatable bonds is 3. The van der Waals surface area contributed by atoms with Gasteiger partial charge in [-0.05, 0) is 18.6 Å². The zero-order valence-electron chi connectivity index (χ0n) is 9.89. The van der Waals surface area contributed by atoms with Gasteiger partial charge in [-0.15, -0.1) is 0 Å². The molecule has 2 heterocycles. The maximum Gasteiger partial charge on any atom is 0.414 e. The number of hydrogen-bond acceptors (Lipinski definition) is 4. The molecule has 2 N–H and O–H groups in total. The average Bonchev–Trinajstić information content (AvgIpc) is 2.68. The Balaban J connectivity index is 2.18. The Bertz CT molecular complexity index is 516. The summed E-state index contributed by atoms with van der Waals surface area (Å²) in [6.45, 7) is 0. The second kappa shape index (κ2) is 5.05. The number of carbonyl (C=O) groups is 3. The van der Waals surface area contributed by atoms with Crippen molar-refractivity contribution < 1.29 is 24.6 Å². The highest BCUT2D eigenvalue weighted by atomic mass is 16.4. The van der Waals surface area contributed by atoms with Gasteiger partial charge in [0.15, 0.2) is 0 Å². The van der Waals surface area contributed by atoms with Crippen LogP contribution in [0.25, 0.3) is 0 Å². The molecular weight excluding hydrogens is 252 g/mol. The van der Waals surface area contributed by atoms with Gasteiger partial charge in [-0.2, -0.15) is 0 Å². The Labute approximate surface area is 108 Å². The third-order valence-electron chi connectivity index (χ3n) is 3.08. The number of aliphatic carboxylic acids is 1. The van der Waals surface area contributed by atoms with Crippen molar-refractivity contribution in [1.82, 2.24) is 9.88 Å². The van der Waals surface area contributed by atoms with Crippen LogP contribution in [0.5, 0.6) is 0 Å². The van der Waals surface area contributed by atoms with Crippen molar-refractivity contribution in [3.63, 3.8) is 0 Å². The molecule has 19 heavy (non-hydrogen) atoms. The van der Waals surface area contributed by atoms with Crippen molar-refractivity contribution in [3.05, 3.63) is 30.1 Å². The molecule has 1 fully saturated rings. The van der Waals surface area contributed by atoms with E-state index in [1.54, 1.807) is 24.4 Å². The molecule has 0 radical (unpaired) electrons. The topological polar surface area (TPSA) is 108 Å².